The average Bonchev–Trinajstić information content (AvgIpc) is 2.67. The first kappa shape index (κ1) is 16.0. The van der Waals surface area contributed by atoms with Crippen LogP contribution in [0.1, 0.15) is 15.2 Å². The summed E-state index contributed by atoms with van der Waals surface area (Å²) in [6.07, 6.45) is 0. The van der Waals surface area contributed by atoms with E-state index in [4.69, 9.17) is 4.74 Å². The van der Waals surface area contributed by atoms with Gasteiger partial charge in [0.2, 0.25) is 0 Å². The summed E-state index contributed by atoms with van der Waals surface area (Å²) < 4.78 is 6.41. The Morgan fingerprint density at radius 1 is 1.32 bits per heavy atom. The molecular formula is C14H18ClNO2S. The largest absolute Gasteiger partial charge is 0.460 e. The molecular weight excluding hydrogens is 282 g/mol. The molecule has 0 bridgehead atoms. The van der Waals surface area contributed by atoms with Crippen molar-refractivity contribution < 1.29 is 9.53 Å². The standard InChI is InChI=1S/C14H17NO2S.ClH/c1-10-11-6-4-5-7-12(11)18-13(10)14(16)17-9-8-15(2)3;/h4-7H,8-9H2,1-3H3;1H. The smallest absolute Gasteiger partial charge is 0.348 e. The number of likely N-dealkylation sites (N-methyl/N-ethyl adjacent to an activating group) is 1. The fraction of sp³-hybridized carbons (Fsp3) is 0.357. The molecule has 3 nitrogen and oxygen atoms in total. The van der Waals surface area contributed by atoms with Crippen molar-refractivity contribution in [1.82, 2.24) is 4.90 Å². The molecule has 0 spiro atoms. The van der Waals surface area contributed by atoms with Gasteiger partial charge in [-0.3, -0.25) is 0 Å². The minimum Gasteiger partial charge on any atom is -0.460 e. The number of rotatable bonds is 4. The normalized spacial score (nSPS) is 10.5. The molecule has 5 heteroatoms. The summed E-state index contributed by atoms with van der Waals surface area (Å²) in [5.74, 6) is -0.212. The number of carbonyl (C=O) groups is 1. The van der Waals surface area contributed by atoms with Gasteiger partial charge in [-0.25, -0.2) is 4.79 Å². The molecule has 1 aromatic carbocycles. The van der Waals surface area contributed by atoms with E-state index in [2.05, 4.69) is 0 Å². The number of halogens is 1. The van der Waals surface area contributed by atoms with Crippen LogP contribution in [-0.2, 0) is 4.74 Å². The quantitative estimate of drug-likeness (QED) is 0.811. The summed E-state index contributed by atoms with van der Waals surface area (Å²) >= 11 is 1.50. The predicted octanol–water partition coefficient (Wildman–Crippen LogP) is 3.35. The highest BCUT2D eigenvalue weighted by molar-refractivity contribution is 7.21. The topological polar surface area (TPSA) is 29.5 Å². The van der Waals surface area contributed by atoms with E-state index >= 15 is 0 Å². The van der Waals surface area contributed by atoms with Gasteiger partial charge < -0.3 is 9.64 Å². The van der Waals surface area contributed by atoms with Crippen molar-refractivity contribution in [3.05, 3.63) is 34.7 Å². The Kier molecular flexibility index (Phi) is 5.79. The van der Waals surface area contributed by atoms with Crippen LogP contribution in [-0.4, -0.2) is 38.1 Å². The molecule has 104 valence electrons. The fourth-order valence-electron chi connectivity index (χ4n) is 1.76. The number of aryl methyl sites for hydroxylation is 1. The molecule has 0 atom stereocenters. The zero-order valence-corrected chi connectivity index (χ0v) is 12.9. The van der Waals surface area contributed by atoms with E-state index < -0.39 is 0 Å². The molecule has 0 aliphatic rings. The molecule has 0 amide bonds. The number of fused-ring (bicyclic) bond motifs is 1. The lowest BCUT2D eigenvalue weighted by Gasteiger charge is -2.09. The van der Waals surface area contributed by atoms with E-state index in [0.717, 1.165) is 27.1 Å². The molecule has 0 radical (unpaired) electrons. The maximum absolute atomic E-state index is 12.0. The van der Waals surface area contributed by atoms with Crippen LogP contribution in [0.3, 0.4) is 0 Å². The molecule has 2 rings (SSSR count). The molecule has 0 aliphatic carbocycles. The van der Waals surface area contributed by atoms with Crippen molar-refractivity contribution in [2.24, 2.45) is 0 Å². The minimum atomic E-state index is -0.212. The van der Waals surface area contributed by atoms with Crippen LogP contribution in [0.2, 0.25) is 0 Å². The molecule has 1 aromatic heterocycles. The molecule has 0 unspecified atom stereocenters. The van der Waals surface area contributed by atoms with Gasteiger partial charge in [-0.15, -0.1) is 23.7 Å². The van der Waals surface area contributed by atoms with Crippen LogP contribution in [0, 0.1) is 6.92 Å². The van der Waals surface area contributed by atoms with Crippen molar-refractivity contribution in [1.29, 1.82) is 0 Å². The number of nitrogens with zero attached hydrogens (tertiary/aromatic N) is 1. The number of hydrogen-bond donors (Lipinski definition) is 0. The fourth-order valence-corrected chi connectivity index (χ4v) is 2.86. The second-order valence-corrected chi connectivity index (χ2v) is 5.54. The van der Waals surface area contributed by atoms with E-state index in [9.17, 15) is 4.79 Å². The zero-order chi connectivity index (χ0) is 13.1. The van der Waals surface area contributed by atoms with Gasteiger partial charge in [0.25, 0.3) is 0 Å². The van der Waals surface area contributed by atoms with Gasteiger partial charge in [0.15, 0.2) is 0 Å². The first-order valence-electron chi connectivity index (χ1n) is 5.89. The van der Waals surface area contributed by atoms with Gasteiger partial charge in [0.1, 0.15) is 11.5 Å². The van der Waals surface area contributed by atoms with Gasteiger partial charge in [-0.1, -0.05) is 18.2 Å². The maximum Gasteiger partial charge on any atom is 0.348 e. The van der Waals surface area contributed by atoms with Crippen LogP contribution in [0.5, 0.6) is 0 Å². The number of ether oxygens (including phenoxy) is 1. The molecule has 1 heterocycles. The summed E-state index contributed by atoms with van der Waals surface area (Å²) in [7, 11) is 3.91. The van der Waals surface area contributed by atoms with Gasteiger partial charge in [-0.2, -0.15) is 0 Å². The van der Waals surface area contributed by atoms with Gasteiger partial charge in [-0.05, 0) is 38.0 Å². The lowest BCUT2D eigenvalue weighted by molar-refractivity contribution is 0.0487. The van der Waals surface area contributed by atoms with Crippen molar-refractivity contribution in [2.45, 2.75) is 6.92 Å². The highest BCUT2D eigenvalue weighted by Crippen LogP contribution is 2.30. The van der Waals surface area contributed by atoms with Crippen LogP contribution >= 0.6 is 23.7 Å². The summed E-state index contributed by atoms with van der Waals surface area (Å²) in [6, 6.07) is 8.05. The van der Waals surface area contributed by atoms with E-state index in [1.807, 2.05) is 50.2 Å². The predicted molar refractivity (Wildman–Crippen MR) is 82.6 cm³/mol. The summed E-state index contributed by atoms with van der Waals surface area (Å²) in [5, 5.41) is 1.14. The second kappa shape index (κ2) is 6.89. The second-order valence-electron chi connectivity index (χ2n) is 4.49. The number of thiophene rings is 1. The van der Waals surface area contributed by atoms with Crippen molar-refractivity contribution >= 4 is 39.8 Å². The molecule has 0 N–H and O–H groups in total. The van der Waals surface area contributed by atoms with E-state index in [1.165, 1.54) is 11.3 Å². The first-order chi connectivity index (χ1) is 8.59. The number of esters is 1. The Morgan fingerprint density at radius 3 is 2.63 bits per heavy atom. The molecule has 0 saturated heterocycles. The average molecular weight is 300 g/mol. The number of hydrogen-bond acceptors (Lipinski definition) is 4. The monoisotopic (exact) mass is 299 g/mol. The molecule has 0 saturated carbocycles. The van der Waals surface area contributed by atoms with Gasteiger partial charge >= 0.3 is 5.97 Å². The summed E-state index contributed by atoms with van der Waals surface area (Å²) in [5.41, 5.74) is 1.02. The molecule has 0 fully saturated rings. The van der Waals surface area contributed by atoms with E-state index in [0.29, 0.717) is 6.61 Å². The van der Waals surface area contributed by atoms with Crippen LogP contribution in [0.25, 0.3) is 10.1 Å². The van der Waals surface area contributed by atoms with Crippen LogP contribution < -0.4 is 0 Å². The Morgan fingerprint density at radius 2 is 2.00 bits per heavy atom. The summed E-state index contributed by atoms with van der Waals surface area (Å²) in [6.45, 7) is 3.15. The zero-order valence-electron chi connectivity index (χ0n) is 11.3. The van der Waals surface area contributed by atoms with Crippen LogP contribution in [0.4, 0.5) is 0 Å². The highest BCUT2D eigenvalue weighted by Gasteiger charge is 2.16. The van der Waals surface area contributed by atoms with Gasteiger partial charge in [0.05, 0.1) is 0 Å². The Balaban J connectivity index is 0.00000180. The lowest BCUT2D eigenvalue weighted by atomic mass is 10.1. The molecule has 0 aliphatic heterocycles. The Labute approximate surface area is 123 Å². The first-order valence-corrected chi connectivity index (χ1v) is 6.71. The van der Waals surface area contributed by atoms with Crippen LogP contribution in [0.15, 0.2) is 24.3 Å². The van der Waals surface area contributed by atoms with Crippen molar-refractivity contribution in [3.8, 4) is 0 Å². The summed E-state index contributed by atoms with van der Waals surface area (Å²) in [4.78, 5) is 14.7. The van der Waals surface area contributed by atoms with E-state index in [-0.39, 0.29) is 18.4 Å². The number of benzene rings is 1. The van der Waals surface area contributed by atoms with E-state index in [1.54, 1.807) is 0 Å². The maximum atomic E-state index is 12.0. The molecule has 2 aromatic rings. The molecule has 19 heavy (non-hydrogen) atoms. The third-order valence-corrected chi connectivity index (χ3v) is 4.05. The Bertz CT molecular complexity index is 566. The third-order valence-electron chi connectivity index (χ3n) is 2.80. The van der Waals surface area contributed by atoms with Crippen molar-refractivity contribution in [3.63, 3.8) is 0 Å². The van der Waals surface area contributed by atoms with Crippen molar-refractivity contribution in [2.75, 3.05) is 27.2 Å². The lowest BCUT2D eigenvalue weighted by Crippen LogP contribution is -2.20. The SMILES string of the molecule is Cc1c(C(=O)OCCN(C)C)sc2ccccc12.Cl. The highest BCUT2D eigenvalue weighted by atomic mass is 35.5. The Hall–Kier alpha value is -1.10. The van der Waals surface area contributed by atoms with Gasteiger partial charge in [0, 0.05) is 11.2 Å². The third kappa shape index (κ3) is 3.69. The minimum absolute atomic E-state index is 0. The number of carbonyl (C=O) groups excluding carboxylic acids is 1.